The van der Waals surface area contributed by atoms with E-state index in [1.54, 1.807) is 11.3 Å². The van der Waals surface area contributed by atoms with Gasteiger partial charge < -0.3 is 33.2 Å². The summed E-state index contributed by atoms with van der Waals surface area (Å²) < 4.78 is 46.1. The number of ether oxygens (including phenoxy) is 7. The van der Waals surface area contributed by atoms with E-state index in [9.17, 15) is 0 Å². The number of hydrogen-bond donors (Lipinski definition) is 0. The number of aromatic nitrogens is 1. The number of pyridine rings is 1. The molecule has 0 spiro atoms. The summed E-state index contributed by atoms with van der Waals surface area (Å²) >= 11 is 1.74. The molecule has 9 heteroatoms. The summed E-state index contributed by atoms with van der Waals surface area (Å²) in [5, 5.41) is 1.21. The molecule has 2 aromatic heterocycles. The fourth-order valence-electron chi connectivity index (χ4n) is 8.03. The summed E-state index contributed by atoms with van der Waals surface area (Å²) in [5.41, 5.74) is 8.89. The molecule has 10 rings (SSSR count). The molecule has 0 unspecified atom stereocenters. The highest BCUT2D eigenvalue weighted by Gasteiger charge is 2.12. The Morgan fingerprint density at radius 2 is 0.639 bits per heavy atom. The molecule has 0 saturated heterocycles. The molecular weight excluding hydrogens is 915 g/mol. The van der Waals surface area contributed by atoms with Gasteiger partial charge in [-0.1, -0.05) is 140 Å². The average molecular weight is 968 g/mol. The molecule has 0 aliphatic carbocycles. The third kappa shape index (κ3) is 13.7. The maximum Gasteiger partial charge on any atom is 0.123 e. The molecule has 0 bridgehead atoms. The van der Waals surface area contributed by atoms with Gasteiger partial charge in [0.05, 0.1) is 23.8 Å². The third-order valence-corrected chi connectivity index (χ3v) is 12.8. The zero-order valence-corrected chi connectivity index (χ0v) is 40.5. The number of fused-ring (bicyclic) bond motifs is 1. The predicted molar refractivity (Wildman–Crippen MR) is 285 cm³/mol. The Kier molecular flexibility index (Phi) is 15.7. The van der Waals surface area contributed by atoms with Crippen LogP contribution in [0.15, 0.2) is 225 Å². The summed E-state index contributed by atoms with van der Waals surface area (Å²) in [4.78, 5) is 5.81. The first-order valence-corrected chi connectivity index (χ1v) is 24.8. The number of thiophene rings is 1. The molecule has 0 aliphatic heterocycles. The molecule has 0 aliphatic rings. The van der Waals surface area contributed by atoms with Gasteiger partial charge in [-0.3, -0.25) is 4.98 Å². The van der Waals surface area contributed by atoms with E-state index < -0.39 is 0 Å². The van der Waals surface area contributed by atoms with Gasteiger partial charge in [0.15, 0.2) is 0 Å². The van der Waals surface area contributed by atoms with Crippen LogP contribution in [0.3, 0.4) is 0 Å². The van der Waals surface area contributed by atoms with Crippen molar-refractivity contribution in [2.24, 2.45) is 0 Å². The molecule has 2 heterocycles. The van der Waals surface area contributed by atoms with E-state index in [1.807, 2.05) is 188 Å². The van der Waals surface area contributed by atoms with Gasteiger partial charge in [0.1, 0.15) is 74.1 Å². The van der Waals surface area contributed by atoms with Crippen molar-refractivity contribution in [3.63, 3.8) is 0 Å². The SMILES string of the molecule is c1ccc(COc2cc(COc3cc(COCc4ccnc(-c5cc6ccccc6s5)c4)cc(OCc4cc(OCc5ccccc5)cc(OCc5ccccc5)c4)c3)cc(OCc3ccccc3)c2)cc1. The maximum absolute atomic E-state index is 6.61. The van der Waals surface area contributed by atoms with E-state index in [0.29, 0.717) is 74.1 Å². The summed E-state index contributed by atoms with van der Waals surface area (Å²) in [6, 6.07) is 72.9. The second-order valence-corrected chi connectivity index (χ2v) is 18.4. The van der Waals surface area contributed by atoms with Crippen molar-refractivity contribution in [1.29, 1.82) is 0 Å². The quantitative estimate of drug-likeness (QED) is 0.0627. The second kappa shape index (κ2) is 24.0. The Labute approximate surface area is 424 Å². The molecule has 358 valence electrons. The van der Waals surface area contributed by atoms with Crippen LogP contribution >= 0.6 is 11.3 Å². The molecule has 8 nitrogen and oxygen atoms in total. The zero-order valence-electron chi connectivity index (χ0n) is 39.7. The molecule has 0 fully saturated rings. The minimum atomic E-state index is 0.244. The van der Waals surface area contributed by atoms with Crippen molar-refractivity contribution >= 4 is 21.4 Å². The molecule has 0 radical (unpaired) electrons. The van der Waals surface area contributed by atoms with Gasteiger partial charge in [0, 0.05) is 29.1 Å². The van der Waals surface area contributed by atoms with Crippen molar-refractivity contribution in [2.75, 3.05) is 0 Å². The zero-order chi connectivity index (χ0) is 48.6. The Morgan fingerprint density at radius 3 is 1.04 bits per heavy atom. The molecule has 0 amide bonds. The molecule has 0 N–H and O–H groups in total. The van der Waals surface area contributed by atoms with Crippen LogP contribution in [-0.2, 0) is 57.6 Å². The fraction of sp³-hybridized carbons (Fsp3) is 0.127. The first-order chi connectivity index (χ1) is 35.6. The highest BCUT2D eigenvalue weighted by atomic mass is 32.1. The summed E-state index contributed by atoms with van der Waals surface area (Å²) in [6.07, 6.45) is 1.85. The fourth-order valence-corrected chi connectivity index (χ4v) is 9.06. The molecule has 0 atom stereocenters. The van der Waals surface area contributed by atoms with Crippen molar-refractivity contribution < 1.29 is 33.2 Å². The minimum Gasteiger partial charge on any atom is -0.489 e. The monoisotopic (exact) mass is 967 g/mol. The topological polar surface area (TPSA) is 77.5 Å². The highest BCUT2D eigenvalue weighted by Crippen LogP contribution is 2.34. The van der Waals surface area contributed by atoms with Crippen LogP contribution in [0.2, 0.25) is 0 Å². The van der Waals surface area contributed by atoms with Crippen LogP contribution < -0.4 is 28.4 Å². The van der Waals surface area contributed by atoms with Crippen LogP contribution in [0.4, 0.5) is 0 Å². The Hall–Kier alpha value is -8.37. The Balaban J connectivity index is 0.885. The van der Waals surface area contributed by atoms with Gasteiger partial charge in [-0.15, -0.1) is 11.3 Å². The van der Waals surface area contributed by atoms with Crippen LogP contribution in [0.25, 0.3) is 20.7 Å². The summed E-state index contributed by atoms with van der Waals surface area (Å²) in [6.45, 7) is 2.87. The lowest BCUT2D eigenvalue weighted by molar-refractivity contribution is 0.106. The standard InChI is InChI=1S/C63H53NO7S/c1-5-15-46(16-6-1)40-66-57-29-52(30-58(36-57)67-41-47-17-7-2-8-18-47)44-70-55-27-51(39-65-38-50-25-26-64-61(33-50)63-34-54-23-13-14-24-62(54)72-63)28-56(35-55)71-45-53-31-59(68-42-48-19-9-3-10-20-48)37-60(32-53)69-43-49-21-11-4-12-22-49/h1-37H,38-45H2. The van der Waals surface area contributed by atoms with Crippen LogP contribution in [0.1, 0.15) is 44.5 Å². The van der Waals surface area contributed by atoms with Gasteiger partial charge >= 0.3 is 0 Å². The first-order valence-electron chi connectivity index (χ1n) is 23.9. The highest BCUT2D eigenvalue weighted by molar-refractivity contribution is 7.22. The summed E-state index contributed by atoms with van der Waals surface area (Å²) in [7, 11) is 0. The minimum absolute atomic E-state index is 0.244. The van der Waals surface area contributed by atoms with Crippen molar-refractivity contribution in [3.05, 3.63) is 269 Å². The van der Waals surface area contributed by atoms with Gasteiger partial charge in [0.25, 0.3) is 0 Å². The average Bonchev–Trinajstić information content (AvgIpc) is 3.88. The molecule has 72 heavy (non-hydrogen) atoms. The van der Waals surface area contributed by atoms with Crippen molar-refractivity contribution in [3.8, 4) is 45.1 Å². The van der Waals surface area contributed by atoms with Crippen LogP contribution in [0, 0.1) is 0 Å². The van der Waals surface area contributed by atoms with Gasteiger partial charge in [-0.05, 0) is 111 Å². The largest absolute Gasteiger partial charge is 0.489 e. The van der Waals surface area contributed by atoms with E-state index in [1.165, 1.54) is 10.1 Å². The molecular formula is C63H53NO7S. The van der Waals surface area contributed by atoms with Crippen LogP contribution in [-0.4, -0.2) is 4.98 Å². The predicted octanol–water partition coefficient (Wildman–Crippen LogP) is 15.2. The number of benzene rings is 8. The van der Waals surface area contributed by atoms with Gasteiger partial charge in [-0.25, -0.2) is 0 Å². The normalized spacial score (nSPS) is 11.0. The smallest absolute Gasteiger partial charge is 0.123 e. The Bertz CT molecular complexity index is 2980. The van der Waals surface area contributed by atoms with Gasteiger partial charge in [-0.2, -0.15) is 0 Å². The number of rotatable bonds is 23. The third-order valence-electron chi connectivity index (χ3n) is 11.7. The lowest BCUT2D eigenvalue weighted by Gasteiger charge is -2.16. The number of nitrogens with zero attached hydrogens (tertiary/aromatic N) is 1. The lowest BCUT2D eigenvalue weighted by Crippen LogP contribution is -2.03. The lowest BCUT2D eigenvalue weighted by atomic mass is 10.1. The Morgan fingerprint density at radius 1 is 0.292 bits per heavy atom. The second-order valence-electron chi connectivity index (χ2n) is 17.3. The maximum atomic E-state index is 6.61. The molecule has 8 aromatic carbocycles. The van der Waals surface area contributed by atoms with E-state index in [-0.39, 0.29) is 13.2 Å². The van der Waals surface area contributed by atoms with Gasteiger partial charge in [0.2, 0.25) is 0 Å². The van der Waals surface area contributed by atoms with Crippen molar-refractivity contribution in [2.45, 2.75) is 52.9 Å². The van der Waals surface area contributed by atoms with E-state index in [0.717, 1.165) is 55.1 Å². The summed E-state index contributed by atoms with van der Waals surface area (Å²) in [5.74, 6) is 3.98. The number of hydrogen-bond acceptors (Lipinski definition) is 9. The molecule has 10 aromatic rings. The van der Waals surface area contributed by atoms with E-state index >= 15 is 0 Å². The molecule has 0 saturated carbocycles. The van der Waals surface area contributed by atoms with E-state index in [2.05, 4.69) is 36.4 Å². The first kappa shape index (κ1) is 47.3. The van der Waals surface area contributed by atoms with Crippen LogP contribution in [0.5, 0.6) is 34.5 Å². The van der Waals surface area contributed by atoms with E-state index in [4.69, 9.17) is 38.1 Å². The van der Waals surface area contributed by atoms with Crippen molar-refractivity contribution in [1.82, 2.24) is 4.98 Å².